The first-order valence-corrected chi connectivity index (χ1v) is 6.87. The summed E-state index contributed by atoms with van der Waals surface area (Å²) in [4.78, 5) is 14.1. The van der Waals surface area contributed by atoms with Gasteiger partial charge in [-0.15, -0.1) is 0 Å². The minimum Gasteiger partial charge on any atom is -0.312 e. The molecular formula is C15H22N2O. The summed E-state index contributed by atoms with van der Waals surface area (Å²) >= 11 is 0. The minimum atomic E-state index is 0.255. The molecule has 0 saturated carbocycles. The molecule has 1 heterocycles. The van der Waals surface area contributed by atoms with Gasteiger partial charge in [0, 0.05) is 24.7 Å². The number of carbonyl (C=O) groups is 1. The van der Waals surface area contributed by atoms with E-state index in [-0.39, 0.29) is 5.91 Å². The lowest BCUT2D eigenvalue weighted by Crippen LogP contribution is -2.45. The number of hydrogen-bond donors (Lipinski definition) is 1. The molecule has 3 nitrogen and oxygen atoms in total. The zero-order valence-corrected chi connectivity index (χ0v) is 11.3. The lowest BCUT2D eigenvalue weighted by atomic mass is 10.0. The van der Waals surface area contributed by atoms with Crippen LogP contribution in [0.5, 0.6) is 0 Å². The van der Waals surface area contributed by atoms with E-state index in [9.17, 15) is 4.79 Å². The number of nitrogens with one attached hydrogen (secondary N) is 1. The van der Waals surface area contributed by atoms with Gasteiger partial charge in [0.1, 0.15) is 0 Å². The molecule has 1 N–H and O–H groups in total. The van der Waals surface area contributed by atoms with Gasteiger partial charge in [-0.2, -0.15) is 0 Å². The molecule has 3 heteroatoms. The van der Waals surface area contributed by atoms with Crippen molar-refractivity contribution in [1.82, 2.24) is 5.32 Å². The smallest absolute Gasteiger partial charge is 0.227 e. The molecule has 0 radical (unpaired) electrons. The summed E-state index contributed by atoms with van der Waals surface area (Å²) in [7, 11) is 0. The van der Waals surface area contributed by atoms with Crippen LogP contribution in [0.2, 0.25) is 0 Å². The molecule has 1 unspecified atom stereocenters. The Morgan fingerprint density at radius 1 is 1.28 bits per heavy atom. The van der Waals surface area contributed by atoms with Crippen molar-refractivity contribution >= 4 is 11.6 Å². The van der Waals surface area contributed by atoms with E-state index in [1.807, 2.05) is 11.0 Å². The molecule has 0 fully saturated rings. The van der Waals surface area contributed by atoms with Gasteiger partial charge in [-0.05, 0) is 31.0 Å². The number of rotatable bonds is 5. The molecule has 0 aliphatic carbocycles. The highest BCUT2D eigenvalue weighted by Gasteiger charge is 2.25. The van der Waals surface area contributed by atoms with Crippen molar-refractivity contribution in [3.63, 3.8) is 0 Å². The molecular weight excluding hydrogens is 224 g/mol. The molecule has 1 amide bonds. The van der Waals surface area contributed by atoms with Crippen LogP contribution in [0.15, 0.2) is 24.3 Å². The molecule has 0 aromatic heterocycles. The Morgan fingerprint density at radius 2 is 2.06 bits per heavy atom. The predicted molar refractivity (Wildman–Crippen MR) is 74.9 cm³/mol. The summed E-state index contributed by atoms with van der Waals surface area (Å²) < 4.78 is 0. The number of amides is 1. The maximum absolute atomic E-state index is 12.1. The van der Waals surface area contributed by atoms with E-state index in [2.05, 4.69) is 37.4 Å². The summed E-state index contributed by atoms with van der Waals surface area (Å²) in [6.45, 7) is 5.99. The Labute approximate surface area is 109 Å². The van der Waals surface area contributed by atoms with E-state index in [4.69, 9.17) is 0 Å². The Bertz CT molecular complexity index is 417. The van der Waals surface area contributed by atoms with Crippen LogP contribution in [0.4, 0.5) is 5.69 Å². The lowest BCUT2D eigenvalue weighted by molar-refractivity contribution is -0.119. The summed E-state index contributed by atoms with van der Waals surface area (Å²) in [5, 5.41) is 3.44. The molecule has 18 heavy (non-hydrogen) atoms. The van der Waals surface area contributed by atoms with Crippen LogP contribution in [0, 0.1) is 0 Å². The van der Waals surface area contributed by atoms with Crippen molar-refractivity contribution in [2.24, 2.45) is 0 Å². The summed E-state index contributed by atoms with van der Waals surface area (Å²) in [6, 6.07) is 8.63. The van der Waals surface area contributed by atoms with Crippen LogP contribution in [0.25, 0.3) is 0 Å². The second kappa shape index (κ2) is 6.01. The van der Waals surface area contributed by atoms with Gasteiger partial charge in [0.05, 0.1) is 0 Å². The number of carbonyl (C=O) groups excluding carboxylic acids is 1. The number of benzene rings is 1. The van der Waals surface area contributed by atoms with E-state index >= 15 is 0 Å². The largest absolute Gasteiger partial charge is 0.312 e. The maximum Gasteiger partial charge on any atom is 0.227 e. The highest BCUT2D eigenvalue weighted by atomic mass is 16.2. The van der Waals surface area contributed by atoms with Crippen molar-refractivity contribution in [2.75, 3.05) is 18.0 Å². The fourth-order valence-electron chi connectivity index (χ4n) is 2.54. The van der Waals surface area contributed by atoms with E-state index < -0.39 is 0 Å². The number of nitrogens with zero attached hydrogens (tertiary/aromatic N) is 1. The second-order valence-electron chi connectivity index (χ2n) is 4.80. The quantitative estimate of drug-likeness (QED) is 0.865. The first-order valence-electron chi connectivity index (χ1n) is 6.87. The van der Waals surface area contributed by atoms with E-state index in [0.717, 1.165) is 31.6 Å². The average Bonchev–Trinajstić information content (AvgIpc) is 2.41. The molecule has 1 aromatic carbocycles. The van der Waals surface area contributed by atoms with Crippen LogP contribution in [0.3, 0.4) is 0 Å². The van der Waals surface area contributed by atoms with Gasteiger partial charge in [-0.1, -0.05) is 32.0 Å². The highest BCUT2D eigenvalue weighted by Crippen LogP contribution is 2.27. The van der Waals surface area contributed by atoms with Crippen LogP contribution >= 0.6 is 0 Å². The topological polar surface area (TPSA) is 32.3 Å². The predicted octanol–water partition coefficient (Wildman–Crippen LogP) is 2.35. The monoisotopic (exact) mass is 246 g/mol. The van der Waals surface area contributed by atoms with Crippen molar-refractivity contribution in [1.29, 1.82) is 0 Å². The number of fused-ring (bicyclic) bond motifs is 1. The number of aryl methyl sites for hydroxylation is 1. The number of anilines is 1. The zero-order chi connectivity index (χ0) is 13.0. The fraction of sp³-hybridized carbons (Fsp3) is 0.533. The van der Waals surface area contributed by atoms with Gasteiger partial charge in [-0.25, -0.2) is 0 Å². The average molecular weight is 246 g/mol. The number of likely N-dealkylation sites (N-methyl/N-ethyl adjacent to an activating group) is 1. The third-order valence-corrected chi connectivity index (χ3v) is 3.58. The van der Waals surface area contributed by atoms with Crippen LogP contribution in [-0.2, 0) is 11.2 Å². The summed E-state index contributed by atoms with van der Waals surface area (Å²) in [5.41, 5.74) is 2.40. The molecule has 1 aliphatic rings. The Balaban J connectivity index is 2.18. The first-order chi connectivity index (χ1) is 8.76. The van der Waals surface area contributed by atoms with Gasteiger partial charge in [0.2, 0.25) is 5.91 Å². The summed E-state index contributed by atoms with van der Waals surface area (Å²) in [5.74, 6) is 0.255. The SMILES string of the molecule is CCNC(CC)CN1C(=O)CCc2ccccc21. The highest BCUT2D eigenvalue weighted by molar-refractivity contribution is 5.96. The molecule has 0 saturated heterocycles. The van der Waals surface area contributed by atoms with Crippen LogP contribution in [0.1, 0.15) is 32.3 Å². The molecule has 1 aromatic rings. The Hall–Kier alpha value is -1.35. The van der Waals surface area contributed by atoms with Gasteiger partial charge in [-0.3, -0.25) is 4.79 Å². The van der Waals surface area contributed by atoms with Gasteiger partial charge in [0.15, 0.2) is 0 Å². The Morgan fingerprint density at radius 3 is 2.78 bits per heavy atom. The standard InChI is InChI=1S/C15H22N2O/c1-3-13(16-4-2)11-17-14-8-6-5-7-12(14)9-10-15(17)18/h5-8,13,16H,3-4,9-11H2,1-2H3. The first kappa shape index (κ1) is 13.1. The van der Waals surface area contributed by atoms with Gasteiger partial charge >= 0.3 is 0 Å². The third kappa shape index (κ3) is 2.72. The van der Waals surface area contributed by atoms with Crippen molar-refractivity contribution < 1.29 is 4.79 Å². The van der Waals surface area contributed by atoms with Crippen molar-refractivity contribution in [2.45, 2.75) is 39.2 Å². The second-order valence-corrected chi connectivity index (χ2v) is 4.80. The van der Waals surface area contributed by atoms with E-state index in [1.54, 1.807) is 0 Å². The molecule has 0 spiro atoms. The van der Waals surface area contributed by atoms with E-state index in [1.165, 1.54) is 5.56 Å². The van der Waals surface area contributed by atoms with E-state index in [0.29, 0.717) is 12.5 Å². The Kier molecular flexibility index (Phi) is 4.37. The van der Waals surface area contributed by atoms with Crippen molar-refractivity contribution in [3.8, 4) is 0 Å². The van der Waals surface area contributed by atoms with Gasteiger partial charge in [0.25, 0.3) is 0 Å². The number of para-hydroxylation sites is 1. The molecule has 1 aliphatic heterocycles. The molecule has 1 atom stereocenters. The zero-order valence-electron chi connectivity index (χ0n) is 11.3. The van der Waals surface area contributed by atoms with Crippen LogP contribution < -0.4 is 10.2 Å². The fourth-order valence-corrected chi connectivity index (χ4v) is 2.54. The molecule has 98 valence electrons. The lowest BCUT2D eigenvalue weighted by Gasteiger charge is -2.32. The van der Waals surface area contributed by atoms with Crippen molar-refractivity contribution in [3.05, 3.63) is 29.8 Å². The maximum atomic E-state index is 12.1. The normalized spacial score (nSPS) is 16.6. The molecule has 2 rings (SSSR count). The summed E-state index contributed by atoms with van der Waals surface area (Å²) in [6.07, 6.45) is 2.56. The molecule has 0 bridgehead atoms. The van der Waals surface area contributed by atoms with Gasteiger partial charge < -0.3 is 10.2 Å². The minimum absolute atomic E-state index is 0.255. The third-order valence-electron chi connectivity index (χ3n) is 3.58. The van der Waals surface area contributed by atoms with Crippen LogP contribution in [-0.4, -0.2) is 25.0 Å². The number of hydrogen-bond acceptors (Lipinski definition) is 2.